The molecule has 0 aromatic carbocycles. The van der Waals surface area contributed by atoms with E-state index in [2.05, 4.69) is 25.8 Å². The Balaban J connectivity index is 3.04. The second kappa shape index (κ2) is 6.25. The van der Waals surface area contributed by atoms with Gasteiger partial charge in [0.05, 0.1) is 0 Å². The summed E-state index contributed by atoms with van der Waals surface area (Å²) >= 11 is 0. The molecule has 0 aliphatic heterocycles. The first-order chi connectivity index (χ1) is 9.16. The maximum atomic E-state index is 12.6. The molecule has 0 aliphatic carbocycles. The predicted octanol–water partition coefficient (Wildman–Crippen LogP) is 3.34. The van der Waals surface area contributed by atoms with Gasteiger partial charge < -0.3 is 9.88 Å². The van der Waals surface area contributed by atoms with Gasteiger partial charge in [0.2, 0.25) is 0 Å². The van der Waals surface area contributed by atoms with E-state index in [0.717, 1.165) is 17.7 Å². The van der Waals surface area contributed by atoms with Crippen molar-refractivity contribution >= 4 is 11.7 Å². The molecule has 0 saturated heterocycles. The average Bonchev–Trinajstić information content (AvgIpc) is 2.61. The highest BCUT2D eigenvalue weighted by Crippen LogP contribution is 2.21. The van der Waals surface area contributed by atoms with Crippen molar-refractivity contribution in [2.24, 2.45) is 5.92 Å². The Morgan fingerprint density at radius 1 is 1.20 bits per heavy atom. The first-order valence-electron chi connectivity index (χ1n) is 7.14. The molecule has 1 amide bonds. The van der Waals surface area contributed by atoms with Crippen molar-refractivity contribution in [1.82, 2.24) is 9.88 Å². The monoisotopic (exact) mass is 278 g/mol. The second-order valence-corrected chi connectivity index (χ2v) is 6.08. The van der Waals surface area contributed by atoms with Gasteiger partial charge in [-0.15, -0.1) is 0 Å². The molecule has 0 radical (unpaired) electrons. The topological polar surface area (TPSA) is 53.2 Å². The molecule has 1 aromatic rings. The van der Waals surface area contributed by atoms with Crippen molar-refractivity contribution < 1.29 is 9.59 Å². The lowest BCUT2D eigenvalue weighted by molar-refractivity contribution is 0.0722. The fourth-order valence-corrected chi connectivity index (χ4v) is 2.71. The number of aryl methyl sites for hydroxylation is 1. The molecule has 1 aromatic heterocycles. The number of carbonyl (C=O) groups excluding carboxylic acids is 2. The molecule has 1 heterocycles. The maximum absolute atomic E-state index is 12.6. The molecule has 4 heteroatoms. The maximum Gasteiger partial charge on any atom is 0.270 e. The van der Waals surface area contributed by atoms with Crippen LogP contribution in [0, 0.1) is 19.8 Å². The average molecular weight is 278 g/mol. The normalized spacial score (nSPS) is 12.6. The molecular weight excluding hydrogens is 252 g/mol. The smallest absolute Gasteiger partial charge is 0.270 e. The van der Waals surface area contributed by atoms with Crippen LogP contribution in [0.15, 0.2) is 0 Å². The lowest BCUT2D eigenvalue weighted by Crippen LogP contribution is -2.36. The summed E-state index contributed by atoms with van der Waals surface area (Å²) in [5.41, 5.74) is 2.69. The zero-order valence-electron chi connectivity index (χ0n) is 13.6. The van der Waals surface area contributed by atoms with Gasteiger partial charge in [0.1, 0.15) is 5.69 Å². The summed E-state index contributed by atoms with van der Waals surface area (Å²) in [6.07, 6.45) is 0.959. The van der Waals surface area contributed by atoms with Gasteiger partial charge in [-0.2, -0.15) is 0 Å². The van der Waals surface area contributed by atoms with E-state index in [1.54, 1.807) is 4.90 Å². The third kappa shape index (κ3) is 3.30. The molecule has 4 nitrogen and oxygen atoms in total. The van der Waals surface area contributed by atoms with Gasteiger partial charge in [-0.1, -0.05) is 13.8 Å². The number of hydrogen-bond donors (Lipinski definition) is 1. The Labute approximate surface area is 121 Å². The van der Waals surface area contributed by atoms with E-state index in [1.807, 2.05) is 20.9 Å². The van der Waals surface area contributed by atoms with E-state index < -0.39 is 0 Å². The minimum Gasteiger partial charge on any atom is -0.354 e. The molecule has 20 heavy (non-hydrogen) atoms. The van der Waals surface area contributed by atoms with Crippen LogP contribution in [0.4, 0.5) is 0 Å². The molecule has 112 valence electrons. The van der Waals surface area contributed by atoms with Crippen molar-refractivity contribution in [3.63, 3.8) is 0 Å². The largest absolute Gasteiger partial charge is 0.354 e. The molecule has 1 unspecified atom stereocenters. The van der Waals surface area contributed by atoms with Crippen molar-refractivity contribution in [3.05, 3.63) is 22.5 Å². The van der Waals surface area contributed by atoms with Crippen LogP contribution in [0.2, 0.25) is 0 Å². The first kappa shape index (κ1) is 16.5. The van der Waals surface area contributed by atoms with Gasteiger partial charge in [0.25, 0.3) is 5.91 Å². The summed E-state index contributed by atoms with van der Waals surface area (Å²) in [6, 6.07) is 0.172. The Hall–Kier alpha value is -1.58. The molecule has 1 rings (SSSR count). The SMILES string of the molecule is CC(=O)c1c(C)[nH]c(C(=O)N(C)C(C)CC(C)C)c1C. The van der Waals surface area contributed by atoms with E-state index in [0.29, 0.717) is 17.2 Å². The lowest BCUT2D eigenvalue weighted by atomic mass is 10.0. The zero-order valence-corrected chi connectivity index (χ0v) is 13.6. The first-order valence-corrected chi connectivity index (χ1v) is 7.14. The van der Waals surface area contributed by atoms with E-state index >= 15 is 0 Å². The molecule has 0 saturated carbocycles. The molecule has 0 fully saturated rings. The number of rotatable bonds is 5. The van der Waals surface area contributed by atoms with E-state index in [4.69, 9.17) is 0 Å². The number of hydrogen-bond acceptors (Lipinski definition) is 2. The number of aromatic amines is 1. The van der Waals surface area contributed by atoms with Crippen LogP contribution >= 0.6 is 0 Å². The predicted molar refractivity (Wildman–Crippen MR) is 81.3 cm³/mol. The lowest BCUT2D eigenvalue weighted by Gasteiger charge is -2.26. The molecule has 0 aliphatic rings. The summed E-state index contributed by atoms with van der Waals surface area (Å²) in [6.45, 7) is 11.5. The van der Waals surface area contributed by atoms with Crippen molar-refractivity contribution in [2.45, 2.75) is 54.0 Å². The number of amides is 1. The summed E-state index contributed by atoms with van der Waals surface area (Å²) in [4.78, 5) is 29.0. The number of ketones is 1. The van der Waals surface area contributed by atoms with Crippen LogP contribution in [0.3, 0.4) is 0 Å². The van der Waals surface area contributed by atoms with Crippen LogP contribution in [0.25, 0.3) is 0 Å². The molecule has 0 spiro atoms. The minimum absolute atomic E-state index is 0.00631. The van der Waals surface area contributed by atoms with Crippen LogP contribution in [-0.2, 0) is 0 Å². The zero-order chi connectivity index (χ0) is 15.6. The van der Waals surface area contributed by atoms with Crippen LogP contribution < -0.4 is 0 Å². The minimum atomic E-state index is -0.0498. The van der Waals surface area contributed by atoms with Crippen molar-refractivity contribution in [2.75, 3.05) is 7.05 Å². The van der Waals surface area contributed by atoms with E-state index in [-0.39, 0.29) is 17.7 Å². The third-order valence-electron chi connectivity index (χ3n) is 3.80. The Morgan fingerprint density at radius 2 is 1.75 bits per heavy atom. The fraction of sp³-hybridized carbons (Fsp3) is 0.625. The van der Waals surface area contributed by atoms with E-state index in [1.165, 1.54) is 6.92 Å². The summed E-state index contributed by atoms with van der Waals surface area (Å²) in [5.74, 6) is 0.485. The number of H-pyrrole nitrogens is 1. The quantitative estimate of drug-likeness (QED) is 0.840. The van der Waals surface area contributed by atoms with Crippen LogP contribution in [-0.4, -0.2) is 34.7 Å². The summed E-state index contributed by atoms with van der Waals surface area (Å²) in [7, 11) is 1.82. The third-order valence-corrected chi connectivity index (χ3v) is 3.80. The molecule has 1 N–H and O–H groups in total. The summed E-state index contributed by atoms with van der Waals surface area (Å²) in [5, 5.41) is 0. The standard InChI is InChI=1S/C16H26N2O2/c1-9(2)8-10(3)18(7)16(20)15-11(4)14(13(6)19)12(5)17-15/h9-10,17H,8H2,1-7H3. The van der Waals surface area contributed by atoms with Gasteiger partial charge >= 0.3 is 0 Å². The number of aromatic nitrogens is 1. The van der Waals surface area contributed by atoms with Gasteiger partial charge in [-0.25, -0.2) is 0 Å². The highest BCUT2D eigenvalue weighted by Gasteiger charge is 2.24. The highest BCUT2D eigenvalue weighted by atomic mass is 16.2. The summed E-state index contributed by atoms with van der Waals surface area (Å²) < 4.78 is 0. The van der Waals surface area contributed by atoms with Gasteiger partial charge in [-0.3, -0.25) is 9.59 Å². The molecule has 0 bridgehead atoms. The molecule has 1 atom stereocenters. The number of Topliss-reactive ketones (excluding diaryl/α,β-unsaturated/α-hetero) is 1. The van der Waals surface area contributed by atoms with E-state index in [9.17, 15) is 9.59 Å². The number of carbonyl (C=O) groups is 2. The van der Waals surface area contributed by atoms with Crippen LogP contribution in [0.5, 0.6) is 0 Å². The fourth-order valence-electron chi connectivity index (χ4n) is 2.71. The number of nitrogens with zero attached hydrogens (tertiary/aromatic N) is 1. The number of nitrogens with one attached hydrogen (secondary N) is 1. The van der Waals surface area contributed by atoms with Crippen molar-refractivity contribution in [3.8, 4) is 0 Å². The van der Waals surface area contributed by atoms with Gasteiger partial charge in [0, 0.05) is 24.3 Å². The Kier molecular flexibility index (Phi) is 5.15. The highest BCUT2D eigenvalue weighted by molar-refractivity contribution is 6.02. The molecular formula is C16H26N2O2. The van der Waals surface area contributed by atoms with Gasteiger partial charge in [0.15, 0.2) is 5.78 Å². The van der Waals surface area contributed by atoms with Crippen LogP contribution in [0.1, 0.15) is 66.2 Å². The van der Waals surface area contributed by atoms with Crippen molar-refractivity contribution in [1.29, 1.82) is 0 Å². The second-order valence-electron chi connectivity index (χ2n) is 6.08. The Bertz CT molecular complexity index is 515. The van der Waals surface area contributed by atoms with Gasteiger partial charge in [-0.05, 0) is 45.6 Å². The Morgan fingerprint density at radius 3 is 2.15 bits per heavy atom.